The SMILES string of the molecule is N#Cc1c(-c2ccccc2)nc(NN=Cc2ccc3c(c2)CCCO3)[nH]c1=O. The van der Waals surface area contributed by atoms with Gasteiger partial charge in [-0.05, 0) is 42.2 Å². The Bertz CT molecular complexity index is 1130. The molecule has 2 N–H and O–H groups in total. The highest BCUT2D eigenvalue weighted by Gasteiger charge is 2.13. The van der Waals surface area contributed by atoms with Crippen molar-refractivity contribution >= 4 is 12.2 Å². The number of hydrogen-bond donors (Lipinski definition) is 2. The zero-order chi connectivity index (χ0) is 19.3. The molecule has 0 amide bonds. The van der Waals surface area contributed by atoms with Gasteiger partial charge in [-0.3, -0.25) is 9.78 Å². The zero-order valence-corrected chi connectivity index (χ0v) is 15.0. The van der Waals surface area contributed by atoms with E-state index in [9.17, 15) is 10.1 Å². The maximum absolute atomic E-state index is 12.2. The van der Waals surface area contributed by atoms with Crippen molar-refractivity contribution in [3.05, 3.63) is 75.6 Å². The van der Waals surface area contributed by atoms with Crippen LogP contribution >= 0.6 is 0 Å². The summed E-state index contributed by atoms with van der Waals surface area (Å²) in [4.78, 5) is 19.1. The van der Waals surface area contributed by atoms with Crippen molar-refractivity contribution in [2.24, 2.45) is 5.10 Å². The molecule has 0 fully saturated rings. The fourth-order valence-corrected chi connectivity index (χ4v) is 3.06. The van der Waals surface area contributed by atoms with E-state index in [0.717, 1.165) is 36.3 Å². The van der Waals surface area contributed by atoms with Crippen LogP contribution < -0.4 is 15.7 Å². The summed E-state index contributed by atoms with van der Waals surface area (Å²) in [5.41, 5.74) is 5.27. The second-order valence-electron chi connectivity index (χ2n) is 6.31. The molecule has 7 heteroatoms. The molecule has 3 aromatic rings. The largest absolute Gasteiger partial charge is 0.493 e. The van der Waals surface area contributed by atoms with Gasteiger partial charge in [0.25, 0.3) is 5.56 Å². The number of nitrogens with zero attached hydrogens (tertiary/aromatic N) is 3. The van der Waals surface area contributed by atoms with Gasteiger partial charge in [0.05, 0.1) is 18.5 Å². The lowest BCUT2D eigenvalue weighted by atomic mass is 10.0. The number of aromatic nitrogens is 2. The number of nitriles is 1. The molecule has 28 heavy (non-hydrogen) atoms. The third-order valence-corrected chi connectivity index (χ3v) is 4.40. The van der Waals surface area contributed by atoms with Crippen LogP contribution in [0.25, 0.3) is 11.3 Å². The predicted molar refractivity (Wildman–Crippen MR) is 106 cm³/mol. The van der Waals surface area contributed by atoms with Crippen LogP contribution in [-0.2, 0) is 6.42 Å². The van der Waals surface area contributed by atoms with Gasteiger partial charge in [0, 0.05) is 5.56 Å². The smallest absolute Gasteiger partial charge is 0.270 e. The Morgan fingerprint density at radius 2 is 2.11 bits per heavy atom. The molecule has 0 spiro atoms. The number of benzene rings is 2. The average Bonchev–Trinajstić information content (AvgIpc) is 2.74. The van der Waals surface area contributed by atoms with Crippen LogP contribution in [0.4, 0.5) is 5.95 Å². The molecule has 1 aliphatic rings. The minimum atomic E-state index is -0.514. The van der Waals surface area contributed by atoms with Crippen LogP contribution in [0, 0.1) is 11.3 Å². The predicted octanol–water partition coefficient (Wildman–Crippen LogP) is 3.08. The molecular weight excluding hydrogens is 354 g/mol. The molecule has 1 aromatic heterocycles. The van der Waals surface area contributed by atoms with Gasteiger partial charge >= 0.3 is 0 Å². The highest BCUT2D eigenvalue weighted by atomic mass is 16.5. The second kappa shape index (κ2) is 7.76. The summed E-state index contributed by atoms with van der Waals surface area (Å²) >= 11 is 0. The van der Waals surface area contributed by atoms with Crippen molar-refractivity contribution in [2.45, 2.75) is 12.8 Å². The highest BCUT2D eigenvalue weighted by molar-refractivity contribution is 5.81. The van der Waals surface area contributed by atoms with Gasteiger partial charge in [0.1, 0.15) is 17.4 Å². The Hall–Kier alpha value is -3.92. The Balaban J connectivity index is 1.59. The van der Waals surface area contributed by atoms with Gasteiger partial charge in [0.2, 0.25) is 5.95 Å². The van der Waals surface area contributed by atoms with E-state index in [4.69, 9.17) is 4.74 Å². The van der Waals surface area contributed by atoms with Gasteiger partial charge in [-0.2, -0.15) is 10.4 Å². The molecule has 2 heterocycles. The van der Waals surface area contributed by atoms with E-state index in [1.54, 1.807) is 18.3 Å². The van der Waals surface area contributed by atoms with Gasteiger partial charge < -0.3 is 4.74 Å². The molecule has 0 saturated carbocycles. The summed E-state index contributed by atoms with van der Waals surface area (Å²) < 4.78 is 5.61. The Labute approximate surface area is 161 Å². The molecule has 138 valence electrons. The summed E-state index contributed by atoms with van der Waals surface area (Å²) in [6.45, 7) is 0.753. The first-order valence-electron chi connectivity index (χ1n) is 8.89. The first-order chi connectivity index (χ1) is 13.7. The lowest BCUT2D eigenvalue weighted by molar-refractivity contribution is 0.288. The number of H-pyrrole nitrogens is 1. The first kappa shape index (κ1) is 17.5. The summed E-state index contributed by atoms with van der Waals surface area (Å²) in [6.07, 6.45) is 3.63. The van der Waals surface area contributed by atoms with Crippen LogP contribution in [-0.4, -0.2) is 22.8 Å². The molecule has 0 bridgehead atoms. The molecule has 0 unspecified atom stereocenters. The second-order valence-corrected chi connectivity index (χ2v) is 6.31. The zero-order valence-electron chi connectivity index (χ0n) is 15.0. The topological polar surface area (TPSA) is 103 Å². The maximum atomic E-state index is 12.2. The van der Waals surface area contributed by atoms with Crippen LogP contribution in [0.15, 0.2) is 58.4 Å². The maximum Gasteiger partial charge on any atom is 0.270 e. The van der Waals surface area contributed by atoms with E-state index in [1.807, 2.05) is 42.5 Å². The average molecular weight is 371 g/mol. The highest BCUT2D eigenvalue weighted by Crippen LogP contribution is 2.25. The van der Waals surface area contributed by atoms with Crippen LogP contribution in [0.3, 0.4) is 0 Å². The summed E-state index contributed by atoms with van der Waals surface area (Å²) in [7, 11) is 0. The minimum Gasteiger partial charge on any atom is -0.493 e. The molecular formula is C21H17N5O2. The lowest BCUT2D eigenvalue weighted by Crippen LogP contribution is -2.16. The van der Waals surface area contributed by atoms with E-state index >= 15 is 0 Å². The molecule has 0 saturated heterocycles. The van der Waals surface area contributed by atoms with E-state index < -0.39 is 5.56 Å². The summed E-state index contributed by atoms with van der Waals surface area (Å²) in [5, 5.41) is 13.5. The van der Waals surface area contributed by atoms with Crippen molar-refractivity contribution in [1.29, 1.82) is 5.26 Å². The van der Waals surface area contributed by atoms with Gasteiger partial charge in [0.15, 0.2) is 0 Å². The summed E-state index contributed by atoms with van der Waals surface area (Å²) in [5.74, 6) is 1.09. The van der Waals surface area contributed by atoms with Gasteiger partial charge in [-0.1, -0.05) is 30.3 Å². The monoisotopic (exact) mass is 371 g/mol. The van der Waals surface area contributed by atoms with Gasteiger partial charge in [-0.15, -0.1) is 0 Å². The number of fused-ring (bicyclic) bond motifs is 1. The normalized spacial score (nSPS) is 12.8. The molecule has 2 aromatic carbocycles. The van der Waals surface area contributed by atoms with Crippen molar-refractivity contribution < 1.29 is 4.74 Å². The van der Waals surface area contributed by atoms with Crippen molar-refractivity contribution in [2.75, 3.05) is 12.0 Å². The fourth-order valence-electron chi connectivity index (χ4n) is 3.06. The number of ether oxygens (including phenoxy) is 1. The first-order valence-corrected chi connectivity index (χ1v) is 8.89. The van der Waals surface area contributed by atoms with Crippen molar-refractivity contribution in [3.8, 4) is 23.1 Å². The van der Waals surface area contributed by atoms with E-state index in [0.29, 0.717) is 11.3 Å². The van der Waals surface area contributed by atoms with E-state index in [2.05, 4.69) is 20.5 Å². The third kappa shape index (κ3) is 3.62. The fraction of sp³-hybridized carbons (Fsp3) is 0.143. The van der Waals surface area contributed by atoms with E-state index in [-0.39, 0.29) is 11.5 Å². The molecule has 0 atom stereocenters. The van der Waals surface area contributed by atoms with Crippen LogP contribution in [0.2, 0.25) is 0 Å². The molecule has 1 aliphatic heterocycles. The van der Waals surface area contributed by atoms with Crippen molar-refractivity contribution in [3.63, 3.8) is 0 Å². The minimum absolute atomic E-state index is 0.0320. The number of aryl methyl sites for hydroxylation is 1. The Morgan fingerprint density at radius 3 is 2.93 bits per heavy atom. The molecule has 0 aliphatic carbocycles. The quantitative estimate of drug-likeness (QED) is 0.542. The number of nitrogens with one attached hydrogen (secondary N) is 2. The van der Waals surface area contributed by atoms with Crippen molar-refractivity contribution in [1.82, 2.24) is 9.97 Å². The van der Waals surface area contributed by atoms with Gasteiger partial charge in [-0.25, -0.2) is 10.4 Å². The third-order valence-electron chi connectivity index (χ3n) is 4.40. The standard InChI is InChI=1S/C21H17N5O2/c22-12-17-19(15-5-2-1-3-6-15)24-21(25-20(17)27)26-23-13-14-8-9-18-16(11-14)7-4-10-28-18/h1-3,5-6,8-9,11,13H,4,7,10H2,(H2,24,25,26,27). The number of rotatable bonds is 4. The van der Waals surface area contributed by atoms with Crippen LogP contribution in [0.1, 0.15) is 23.1 Å². The molecule has 7 nitrogen and oxygen atoms in total. The number of aromatic amines is 1. The number of hydrazone groups is 1. The molecule has 0 radical (unpaired) electrons. The Morgan fingerprint density at radius 1 is 1.25 bits per heavy atom. The summed E-state index contributed by atoms with van der Waals surface area (Å²) in [6, 6.07) is 16.9. The van der Waals surface area contributed by atoms with E-state index in [1.165, 1.54) is 0 Å². The number of anilines is 1. The Kier molecular flexibility index (Phi) is 4.85. The lowest BCUT2D eigenvalue weighted by Gasteiger charge is -2.17. The number of hydrogen-bond acceptors (Lipinski definition) is 6. The van der Waals surface area contributed by atoms with Crippen LogP contribution in [0.5, 0.6) is 5.75 Å². The molecule has 4 rings (SSSR count).